The molecular formula is C14H16BrNO4. The maximum Gasteiger partial charge on any atom is 0.252 e. The molecule has 1 aromatic rings. The summed E-state index contributed by atoms with van der Waals surface area (Å²) in [7, 11) is 0. The molecule has 0 bridgehead atoms. The zero-order valence-corrected chi connectivity index (χ0v) is 12.5. The molecule has 0 saturated heterocycles. The van der Waals surface area contributed by atoms with Gasteiger partial charge in [-0.2, -0.15) is 0 Å². The van der Waals surface area contributed by atoms with Crippen molar-refractivity contribution in [2.45, 2.75) is 25.3 Å². The fraction of sp³-hybridized carbons (Fsp3) is 0.500. The second-order valence-electron chi connectivity index (χ2n) is 5.22. The number of carbonyl (C=O) groups excluding carboxylic acids is 1. The van der Waals surface area contributed by atoms with E-state index in [1.54, 1.807) is 12.1 Å². The van der Waals surface area contributed by atoms with E-state index in [-0.39, 0.29) is 25.3 Å². The van der Waals surface area contributed by atoms with Crippen LogP contribution in [0.25, 0.3) is 0 Å². The molecular weight excluding hydrogens is 326 g/mol. The molecule has 0 aromatic heterocycles. The molecule has 2 aliphatic rings. The van der Waals surface area contributed by atoms with Crippen molar-refractivity contribution in [2.75, 3.05) is 13.4 Å². The summed E-state index contributed by atoms with van der Waals surface area (Å²) in [4.78, 5) is 12.3. The lowest BCUT2D eigenvalue weighted by molar-refractivity contribution is 0.0910. The van der Waals surface area contributed by atoms with Crippen molar-refractivity contribution in [3.63, 3.8) is 0 Å². The number of halogens is 1. The highest BCUT2D eigenvalue weighted by Crippen LogP contribution is 2.37. The lowest BCUT2D eigenvalue weighted by atomic mass is 10.1. The molecule has 1 aromatic carbocycles. The van der Waals surface area contributed by atoms with Gasteiger partial charge in [0.1, 0.15) is 0 Å². The molecule has 3 rings (SSSR count). The van der Waals surface area contributed by atoms with Crippen molar-refractivity contribution >= 4 is 21.8 Å². The average molecular weight is 342 g/mol. The molecule has 1 unspecified atom stereocenters. The summed E-state index contributed by atoms with van der Waals surface area (Å²) in [6.07, 6.45) is 3.23. The number of aliphatic hydroxyl groups excluding tert-OH is 1. The molecule has 0 radical (unpaired) electrons. The van der Waals surface area contributed by atoms with Crippen LogP contribution in [0.1, 0.15) is 29.6 Å². The summed E-state index contributed by atoms with van der Waals surface area (Å²) in [5.74, 6) is 1.63. The van der Waals surface area contributed by atoms with Crippen LogP contribution in [0.4, 0.5) is 0 Å². The van der Waals surface area contributed by atoms with Crippen molar-refractivity contribution in [1.82, 2.24) is 5.32 Å². The summed E-state index contributed by atoms with van der Waals surface area (Å²) >= 11 is 3.37. The van der Waals surface area contributed by atoms with Crippen molar-refractivity contribution < 1.29 is 19.4 Å². The van der Waals surface area contributed by atoms with Crippen LogP contribution in [0.15, 0.2) is 16.6 Å². The van der Waals surface area contributed by atoms with Crippen LogP contribution < -0.4 is 14.8 Å². The third kappa shape index (κ3) is 2.91. The van der Waals surface area contributed by atoms with Gasteiger partial charge in [-0.3, -0.25) is 4.79 Å². The highest BCUT2D eigenvalue weighted by Gasteiger charge is 2.27. The molecule has 20 heavy (non-hydrogen) atoms. The summed E-state index contributed by atoms with van der Waals surface area (Å²) in [6.45, 7) is 0.137. The Balaban J connectivity index is 1.72. The van der Waals surface area contributed by atoms with E-state index < -0.39 is 0 Å². The number of nitrogens with one attached hydrogen (secondary N) is 1. The van der Waals surface area contributed by atoms with Gasteiger partial charge in [-0.05, 0) is 40.4 Å². The van der Waals surface area contributed by atoms with Crippen LogP contribution in [0, 0.1) is 5.92 Å². The summed E-state index contributed by atoms with van der Waals surface area (Å²) in [6, 6.07) is 3.20. The Labute approximate surface area is 125 Å². The van der Waals surface area contributed by atoms with E-state index in [4.69, 9.17) is 9.47 Å². The first-order chi connectivity index (χ1) is 9.67. The van der Waals surface area contributed by atoms with Gasteiger partial charge in [0, 0.05) is 4.47 Å². The molecule has 0 spiro atoms. The predicted octanol–water partition coefficient (Wildman–Crippen LogP) is 2.07. The summed E-state index contributed by atoms with van der Waals surface area (Å²) in [5, 5.41) is 12.2. The molecule has 108 valence electrons. The van der Waals surface area contributed by atoms with Crippen LogP contribution >= 0.6 is 15.9 Å². The van der Waals surface area contributed by atoms with Crippen LogP contribution in [0.5, 0.6) is 11.5 Å². The standard InChI is InChI=1S/C14H16BrNO4/c15-11-5-13-12(19-7-20-13)4-10(11)14(18)16-9(6-17)3-8-1-2-8/h4-5,8-9,17H,1-3,6-7H2,(H,16,18). The number of benzene rings is 1. The lowest BCUT2D eigenvalue weighted by Crippen LogP contribution is -2.38. The lowest BCUT2D eigenvalue weighted by Gasteiger charge is -2.16. The van der Waals surface area contributed by atoms with Crippen molar-refractivity contribution in [1.29, 1.82) is 0 Å². The number of ether oxygens (including phenoxy) is 2. The normalized spacial score (nSPS) is 17.9. The van der Waals surface area contributed by atoms with Gasteiger partial charge in [0.05, 0.1) is 18.2 Å². The van der Waals surface area contributed by atoms with Gasteiger partial charge in [-0.15, -0.1) is 0 Å². The van der Waals surface area contributed by atoms with Crippen LogP contribution in [0.2, 0.25) is 0 Å². The van der Waals surface area contributed by atoms with E-state index in [1.165, 1.54) is 12.8 Å². The third-order valence-corrected chi connectivity index (χ3v) is 4.23. The molecule has 1 aliphatic carbocycles. The fourth-order valence-corrected chi connectivity index (χ4v) is 2.79. The van der Waals surface area contributed by atoms with Crippen LogP contribution in [-0.4, -0.2) is 30.5 Å². The second-order valence-corrected chi connectivity index (χ2v) is 6.07. The van der Waals surface area contributed by atoms with Gasteiger partial charge < -0.3 is 19.9 Å². The highest BCUT2D eigenvalue weighted by molar-refractivity contribution is 9.10. The van der Waals surface area contributed by atoms with Crippen molar-refractivity contribution in [3.05, 3.63) is 22.2 Å². The van der Waals surface area contributed by atoms with Gasteiger partial charge in [-0.25, -0.2) is 0 Å². The van der Waals surface area contributed by atoms with E-state index in [9.17, 15) is 9.90 Å². The Morgan fingerprint density at radius 2 is 2.10 bits per heavy atom. The molecule has 1 fully saturated rings. The minimum absolute atomic E-state index is 0.0373. The van der Waals surface area contributed by atoms with E-state index in [1.807, 2.05) is 0 Å². The molecule has 1 saturated carbocycles. The second kappa shape index (κ2) is 5.61. The molecule has 1 aliphatic heterocycles. The van der Waals surface area contributed by atoms with Crippen LogP contribution in [0.3, 0.4) is 0 Å². The third-order valence-electron chi connectivity index (χ3n) is 3.58. The van der Waals surface area contributed by atoms with Gasteiger partial charge >= 0.3 is 0 Å². The van der Waals surface area contributed by atoms with E-state index in [0.29, 0.717) is 27.5 Å². The Morgan fingerprint density at radius 1 is 1.40 bits per heavy atom. The van der Waals surface area contributed by atoms with Crippen LogP contribution in [-0.2, 0) is 0 Å². The number of aliphatic hydroxyl groups is 1. The van der Waals surface area contributed by atoms with Gasteiger partial charge in [0.25, 0.3) is 5.91 Å². The average Bonchev–Trinajstić information content (AvgIpc) is 3.13. The summed E-state index contributed by atoms with van der Waals surface area (Å²) < 4.78 is 11.2. The minimum atomic E-state index is -0.213. The topological polar surface area (TPSA) is 67.8 Å². The largest absolute Gasteiger partial charge is 0.454 e. The smallest absolute Gasteiger partial charge is 0.252 e. The fourth-order valence-electron chi connectivity index (χ4n) is 2.29. The van der Waals surface area contributed by atoms with Crippen molar-refractivity contribution in [3.8, 4) is 11.5 Å². The Bertz CT molecular complexity index is 530. The highest BCUT2D eigenvalue weighted by atomic mass is 79.9. The van der Waals surface area contributed by atoms with E-state index in [2.05, 4.69) is 21.2 Å². The van der Waals surface area contributed by atoms with E-state index >= 15 is 0 Å². The Kier molecular flexibility index (Phi) is 3.85. The van der Waals surface area contributed by atoms with E-state index in [0.717, 1.165) is 6.42 Å². The number of fused-ring (bicyclic) bond motifs is 1. The zero-order chi connectivity index (χ0) is 14.1. The maximum atomic E-state index is 12.3. The summed E-state index contributed by atoms with van der Waals surface area (Å²) in [5.41, 5.74) is 0.489. The zero-order valence-electron chi connectivity index (χ0n) is 10.9. The molecule has 1 heterocycles. The first-order valence-corrected chi connectivity index (χ1v) is 7.47. The molecule has 1 amide bonds. The minimum Gasteiger partial charge on any atom is -0.454 e. The Hall–Kier alpha value is -1.27. The number of carbonyl (C=O) groups is 1. The van der Waals surface area contributed by atoms with Gasteiger partial charge in [-0.1, -0.05) is 12.8 Å². The molecule has 5 nitrogen and oxygen atoms in total. The number of hydrogen-bond acceptors (Lipinski definition) is 4. The quantitative estimate of drug-likeness (QED) is 0.860. The SMILES string of the molecule is O=C(NC(CO)CC1CC1)c1cc2c(cc1Br)OCO2. The predicted molar refractivity (Wildman–Crippen MR) is 75.9 cm³/mol. The molecule has 6 heteroatoms. The van der Waals surface area contributed by atoms with Gasteiger partial charge in [0.2, 0.25) is 6.79 Å². The maximum absolute atomic E-state index is 12.3. The number of rotatable bonds is 5. The Morgan fingerprint density at radius 3 is 2.75 bits per heavy atom. The monoisotopic (exact) mass is 341 g/mol. The number of amides is 1. The molecule has 2 N–H and O–H groups in total. The first-order valence-electron chi connectivity index (χ1n) is 6.68. The van der Waals surface area contributed by atoms with Gasteiger partial charge in [0.15, 0.2) is 11.5 Å². The first kappa shape index (κ1) is 13.7. The molecule has 1 atom stereocenters. The number of hydrogen-bond donors (Lipinski definition) is 2. The van der Waals surface area contributed by atoms with Crippen molar-refractivity contribution in [2.24, 2.45) is 5.92 Å².